The van der Waals surface area contributed by atoms with Crippen LogP contribution in [0.1, 0.15) is 39.4 Å². The molecule has 0 saturated carbocycles. The Labute approximate surface area is 161 Å². The van der Waals surface area contributed by atoms with Crippen LogP contribution < -0.4 is 15.4 Å². The van der Waals surface area contributed by atoms with E-state index >= 15 is 0 Å². The number of methoxy groups -OCH3 is 1. The summed E-state index contributed by atoms with van der Waals surface area (Å²) in [5.41, 5.74) is 1.21. The monoisotopic (exact) mass is 382 g/mol. The van der Waals surface area contributed by atoms with E-state index < -0.39 is 23.7 Å². The minimum absolute atomic E-state index is 0.133. The van der Waals surface area contributed by atoms with Gasteiger partial charge in [-0.3, -0.25) is 9.59 Å². The molecule has 2 amide bonds. The van der Waals surface area contributed by atoms with Crippen molar-refractivity contribution in [1.82, 2.24) is 5.32 Å². The van der Waals surface area contributed by atoms with E-state index in [0.717, 1.165) is 0 Å². The summed E-state index contributed by atoms with van der Waals surface area (Å²) in [5, 5.41) is 5.47. The van der Waals surface area contributed by atoms with Crippen LogP contribution in [-0.2, 0) is 0 Å². The fraction of sp³-hybridized carbons (Fsp3) is 0.143. The number of hydrogen-bond acceptors (Lipinski definition) is 4. The number of amides is 2. The van der Waals surface area contributed by atoms with Crippen molar-refractivity contribution in [2.75, 3.05) is 12.4 Å². The number of anilines is 1. The molecule has 1 heterocycles. The smallest absolute Gasteiger partial charge is 0.291 e. The molecule has 3 rings (SSSR count). The molecule has 0 aliphatic rings. The van der Waals surface area contributed by atoms with Gasteiger partial charge in [0.05, 0.1) is 30.7 Å². The van der Waals surface area contributed by atoms with Crippen molar-refractivity contribution < 1.29 is 23.1 Å². The van der Waals surface area contributed by atoms with E-state index in [0.29, 0.717) is 11.3 Å². The maximum atomic E-state index is 13.9. The second-order valence-corrected chi connectivity index (χ2v) is 6.07. The van der Waals surface area contributed by atoms with Crippen molar-refractivity contribution in [2.24, 2.45) is 0 Å². The quantitative estimate of drug-likeness (QED) is 0.670. The van der Waals surface area contributed by atoms with Crippen molar-refractivity contribution in [3.63, 3.8) is 0 Å². The normalized spacial score (nSPS) is 11.5. The van der Waals surface area contributed by atoms with Gasteiger partial charge in [0, 0.05) is 0 Å². The van der Waals surface area contributed by atoms with Crippen LogP contribution in [-0.4, -0.2) is 18.9 Å². The molecule has 1 unspecified atom stereocenters. The van der Waals surface area contributed by atoms with Crippen LogP contribution in [0.5, 0.6) is 5.75 Å². The Morgan fingerprint density at radius 3 is 2.54 bits per heavy atom. The van der Waals surface area contributed by atoms with Crippen LogP contribution in [0.25, 0.3) is 0 Å². The molecule has 0 fully saturated rings. The second kappa shape index (κ2) is 8.39. The van der Waals surface area contributed by atoms with E-state index in [2.05, 4.69) is 10.6 Å². The summed E-state index contributed by atoms with van der Waals surface area (Å²) in [7, 11) is 1.39. The molecule has 3 aromatic rings. The van der Waals surface area contributed by atoms with Crippen molar-refractivity contribution in [2.45, 2.75) is 13.0 Å². The third kappa shape index (κ3) is 4.20. The van der Waals surface area contributed by atoms with Gasteiger partial charge in [0.15, 0.2) is 17.3 Å². The first kappa shape index (κ1) is 19.2. The third-order valence-corrected chi connectivity index (χ3v) is 4.19. The summed E-state index contributed by atoms with van der Waals surface area (Å²) < 4.78 is 23.9. The highest BCUT2D eigenvalue weighted by Gasteiger charge is 2.18. The molecule has 0 saturated heterocycles. The Kier molecular flexibility index (Phi) is 5.74. The predicted octanol–water partition coefficient (Wildman–Crippen LogP) is 4.17. The molecule has 6 nitrogen and oxygen atoms in total. The standard InChI is InChI=1S/C21H19FN2O4/c1-13(14-9-10-18(27-2)16(22)12-14)23-20(25)15-6-3-4-7-17(15)24-21(26)19-8-5-11-28-19/h3-13H,1-2H3,(H,23,25)(H,24,26). The van der Waals surface area contributed by atoms with Gasteiger partial charge in [0.2, 0.25) is 0 Å². The third-order valence-electron chi connectivity index (χ3n) is 4.19. The lowest BCUT2D eigenvalue weighted by Crippen LogP contribution is -2.28. The van der Waals surface area contributed by atoms with E-state index in [4.69, 9.17) is 9.15 Å². The first-order chi connectivity index (χ1) is 13.5. The molecule has 144 valence electrons. The fourth-order valence-electron chi connectivity index (χ4n) is 2.69. The largest absolute Gasteiger partial charge is 0.494 e. The van der Waals surface area contributed by atoms with Crippen LogP contribution in [0, 0.1) is 5.82 Å². The topological polar surface area (TPSA) is 80.6 Å². The van der Waals surface area contributed by atoms with Crippen LogP contribution in [0.3, 0.4) is 0 Å². The molecule has 0 bridgehead atoms. The van der Waals surface area contributed by atoms with Gasteiger partial charge in [-0.05, 0) is 48.9 Å². The van der Waals surface area contributed by atoms with Gasteiger partial charge in [-0.25, -0.2) is 4.39 Å². The van der Waals surface area contributed by atoms with Gasteiger partial charge >= 0.3 is 0 Å². The van der Waals surface area contributed by atoms with Gasteiger partial charge in [0.25, 0.3) is 11.8 Å². The number of nitrogens with one attached hydrogen (secondary N) is 2. The number of rotatable bonds is 6. The van der Waals surface area contributed by atoms with Gasteiger partial charge in [0.1, 0.15) is 0 Å². The van der Waals surface area contributed by atoms with Gasteiger partial charge < -0.3 is 19.8 Å². The number of benzene rings is 2. The van der Waals surface area contributed by atoms with Crippen molar-refractivity contribution in [1.29, 1.82) is 0 Å². The molecule has 1 aromatic heterocycles. The van der Waals surface area contributed by atoms with Gasteiger partial charge in [-0.1, -0.05) is 18.2 Å². The van der Waals surface area contributed by atoms with Gasteiger partial charge in [-0.2, -0.15) is 0 Å². The Bertz CT molecular complexity index is 986. The lowest BCUT2D eigenvalue weighted by atomic mass is 10.1. The van der Waals surface area contributed by atoms with E-state index in [1.54, 1.807) is 43.3 Å². The van der Waals surface area contributed by atoms with E-state index in [1.807, 2.05) is 0 Å². The summed E-state index contributed by atoms with van der Waals surface area (Å²) in [4.78, 5) is 24.9. The fourth-order valence-corrected chi connectivity index (χ4v) is 2.69. The highest BCUT2D eigenvalue weighted by Crippen LogP contribution is 2.23. The Morgan fingerprint density at radius 1 is 1.07 bits per heavy atom. The average Bonchev–Trinajstić information content (AvgIpc) is 3.23. The number of carbonyl (C=O) groups is 2. The van der Waals surface area contributed by atoms with Crippen molar-refractivity contribution in [3.8, 4) is 5.75 Å². The molecule has 0 radical (unpaired) electrons. The summed E-state index contributed by atoms with van der Waals surface area (Å²) in [5.74, 6) is -1.10. The number of furan rings is 1. The zero-order chi connectivity index (χ0) is 20.1. The molecule has 0 aliphatic carbocycles. The summed E-state index contributed by atoms with van der Waals surface area (Å²) >= 11 is 0. The molecular weight excluding hydrogens is 363 g/mol. The maximum Gasteiger partial charge on any atom is 0.291 e. The average molecular weight is 382 g/mol. The molecule has 1 atom stereocenters. The lowest BCUT2D eigenvalue weighted by Gasteiger charge is -2.17. The number of halogens is 1. The number of carbonyl (C=O) groups excluding carboxylic acids is 2. The summed E-state index contributed by atoms with van der Waals surface area (Å²) in [6, 6.07) is 13.8. The zero-order valence-corrected chi connectivity index (χ0v) is 15.4. The Morgan fingerprint density at radius 2 is 1.86 bits per heavy atom. The highest BCUT2D eigenvalue weighted by atomic mass is 19.1. The van der Waals surface area contributed by atoms with Crippen LogP contribution in [0.2, 0.25) is 0 Å². The molecule has 2 aromatic carbocycles. The van der Waals surface area contributed by atoms with Gasteiger partial charge in [-0.15, -0.1) is 0 Å². The Balaban J connectivity index is 1.75. The number of ether oxygens (including phenoxy) is 1. The predicted molar refractivity (Wildman–Crippen MR) is 102 cm³/mol. The summed E-state index contributed by atoms with van der Waals surface area (Å²) in [6.07, 6.45) is 1.39. The summed E-state index contributed by atoms with van der Waals surface area (Å²) in [6.45, 7) is 1.74. The van der Waals surface area contributed by atoms with Crippen molar-refractivity contribution >= 4 is 17.5 Å². The first-order valence-corrected chi connectivity index (χ1v) is 8.57. The highest BCUT2D eigenvalue weighted by molar-refractivity contribution is 6.07. The van der Waals surface area contributed by atoms with Crippen LogP contribution in [0.15, 0.2) is 65.3 Å². The minimum Gasteiger partial charge on any atom is -0.494 e. The van der Waals surface area contributed by atoms with E-state index in [-0.39, 0.29) is 17.1 Å². The molecular formula is C21H19FN2O4. The lowest BCUT2D eigenvalue weighted by molar-refractivity contribution is 0.0940. The van der Waals surface area contributed by atoms with E-state index in [9.17, 15) is 14.0 Å². The first-order valence-electron chi connectivity index (χ1n) is 8.57. The second-order valence-electron chi connectivity index (χ2n) is 6.07. The molecule has 2 N–H and O–H groups in total. The number of hydrogen-bond donors (Lipinski definition) is 2. The van der Waals surface area contributed by atoms with Crippen LogP contribution >= 0.6 is 0 Å². The molecule has 0 spiro atoms. The minimum atomic E-state index is -0.507. The van der Waals surface area contributed by atoms with Crippen molar-refractivity contribution in [3.05, 3.63) is 83.6 Å². The molecule has 28 heavy (non-hydrogen) atoms. The van der Waals surface area contributed by atoms with E-state index in [1.165, 1.54) is 31.6 Å². The molecule has 7 heteroatoms. The van der Waals surface area contributed by atoms with Crippen LogP contribution in [0.4, 0.5) is 10.1 Å². The number of para-hydroxylation sites is 1. The zero-order valence-electron chi connectivity index (χ0n) is 15.4. The molecule has 0 aliphatic heterocycles. The Hall–Kier alpha value is -3.61. The SMILES string of the molecule is COc1ccc(C(C)NC(=O)c2ccccc2NC(=O)c2ccco2)cc1F. The maximum absolute atomic E-state index is 13.9.